The third-order valence-corrected chi connectivity index (χ3v) is 5.77. The van der Waals surface area contributed by atoms with E-state index >= 15 is 0 Å². The van der Waals surface area contributed by atoms with Gasteiger partial charge in [0.1, 0.15) is 11.6 Å². The lowest BCUT2D eigenvalue weighted by atomic mass is 10.0. The van der Waals surface area contributed by atoms with E-state index in [0.717, 1.165) is 42.5 Å². The van der Waals surface area contributed by atoms with Crippen LogP contribution < -0.4 is 24.8 Å². The van der Waals surface area contributed by atoms with Crippen molar-refractivity contribution in [2.24, 2.45) is 5.92 Å². The highest BCUT2D eigenvalue weighted by Gasteiger charge is 2.16. The van der Waals surface area contributed by atoms with Gasteiger partial charge in [-0.25, -0.2) is 4.39 Å². The predicted molar refractivity (Wildman–Crippen MR) is 130 cm³/mol. The van der Waals surface area contributed by atoms with Crippen LogP contribution in [0, 0.1) is 11.7 Å². The zero-order chi connectivity index (χ0) is 24.3. The molecule has 3 aromatic rings. The molecule has 0 radical (unpaired) electrons. The molecular weight excluding hydrogens is 449 g/mol. The Balaban J connectivity index is 0.000000165. The summed E-state index contributed by atoms with van der Waals surface area (Å²) in [5, 5.41) is 6.07. The Morgan fingerprint density at radius 2 is 2.03 bits per heavy atom. The lowest BCUT2D eigenvalue weighted by Crippen LogP contribution is -2.33. The minimum Gasteiger partial charge on any atom is -0.493 e. The molecule has 1 aromatic heterocycles. The number of nitrogens with one attached hydrogen (secondary N) is 2. The maximum Gasteiger partial charge on any atom is 0.254 e. The summed E-state index contributed by atoms with van der Waals surface area (Å²) in [6, 6.07) is 15.4. The molecule has 0 aliphatic carbocycles. The fourth-order valence-corrected chi connectivity index (χ4v) is 3.85. The number of hydrogen-bond donors (Lipinski definition) is 2. The second kappa shape index (κ2) is 12.7. The van der Waals surface area contributed by atoms with E-state index < -0.39 is 11.7 Å². The Hall–Kier alpha value is -3.65. The van der Waals surface area contributed by atoms with E-state index in [9.17, 15) is 9.18 Å². The van der Waals surface area contributed by atoms with Crippen LogP contribution in [0.25, 0.3) is 0 Å². The van der Waals surface area contributed by atoms with Gasteiger partial charge >= 0.3 is 0 Å². The fraction of sp³-hybridized carbons (Fsp3) is 0.333. The van der Waals surface area contributed by atoms with Crippen LogP contribution in [0.2, 0.25) is 0 Å². The molecule has 2 N–H and O–H groups in total. The van der Waals surface area contributed by atoms with E-state index in [0.29, 0.717) is 25.7 Å². The molecule has 35 heavy (non-hydrogen) atoms. The van der Waals surface area contributed by atoms with Crippen molar-refractivity contribution < 1.29 is 23.4 Å². The molecule has 2 aliphatic heterocycles. The molecule has 1 amide bonds. The Bertz CT molecular complexity index is 1090. The molecule has 1 unspecified atom stereocenters. The Morgan fingerprint density at radius 3 is 2.83 bits per heavy atom. The zero-order valence-corrected chi connectivity index (χ0v) is 19.5. The van der Waals surface area contributed by atoms with Crippen molar-refractivity contribution in [3.8, 4) is 17.2 Å². The van der Waals surface area contributed by atoms with E-state index in [2.05, 4.69) is 15.6 Å². The van der Waals surface area contributed by atoms with Crippen LogP contribution in [-0.2, 0) is 6.42 Å². The second-order valence-corrected chi connectivity index (χ2v) is 8.39. The van der Waals surface area contributed by atoms with Crippen LogP contribution >= 0.6 is 0 Å². The largest absolute Gasteiger partial charge is 0.493 e. The number of carbonyl (C=O) groups excluding carboxylic acids is 1. The molecule has 5 rings (SSSR count). The first-order chi connectivity index (χ1) is 17.2. The first-order valence-corrected chi connectivity index (χ1v) is 11.8. The maximum atomic E-state index is 13.3. The van der Waals surface area contributed by atoms with Gasteiger partial charge in [-0.2, -0.15) is 0 Å². The minimum absolute atomic E-state index is 0.0729. The van der Waals surface area contributed by atoms with Crippen molar-refractivity contribution in [1.82, 2.24) is 15.6 Å². The molecule has 2 aromatic carbocycles. The highest BCUT2D eigenvalue weighted by Crippen LogP contribution is 2.35. The summed E-state index contributed by atoms with van der Waals surface area (Å²) >= 11 is 0. The molecule has 2 aliphatic rings. The van der Waals surface area contributed by atoms with Crippen LogP contribution in [0.3, 0.4) is 0 Å². The summed E-state index contributed by atoms with van der Waals surface area (Å²) in [6.45, 7) is 3.74. The van der Waals surface area contributed by atoms with Crippen LogP contribution in [-0.4, -0.2) is 43.9 Å². The van der Waals surface area contributed by atoms with Crippen LogP contribution in [0.15, 0.2) is 67.0 Å². The summed E-state index contributed by atoms with van der Waals surface area (Å²) < 4.78 is 29.7. The van der Waals surface area contributed by atoms with Crippen LogP contribution in [0.1, 0.15) is 28.8 Å². The Labute approximate surface area is 204 Å². The number of rotatable bonds is 7. The van der Waals surface area contributed by atoms with Gasteiger partial charge in [-0.3, -0.25) is 9.78 Å². The molecule has 0 bridgehead atoms. The quantitative estimate of drug-likeness (QED) is 0.534. The van der Waals surface area contributed by atoms with Crippen molar-refractivity contribution in [3.05, 3.63) is 83.9 Å². The average molecular weight is 480 g/mol. The number of aromatic nitrogens is 1. The molecule has 184 valence electrons. The normalized spacial score (nSPS) is 16.1. The van der Waals surface area contributed by atoms with Crippen molar-refractivity contribution in [2.45, 2.75) is 19.3 Å². The van der Waals surface area contributed by atoms with Crippen molar-refractivity contribution in [2.75, 3.05) is 33.0 Å². The van der Waals surface area contributed by atoms with E-state index in [1.807, 2.05) is 30.3 Å². The maximum absolute atomic E-state index is 13.3. The number of hydrogen-bond acceptors (Lipinski definition) is 6. The summed E-state index contributed by atoms with van der Waals surface area (Å²) in [5.41, 5.74) is 1.11. The smallest absolute Gasteiger partial charge is 0.254 e. The molecule has 0 spiro atoms. The SMILES string of the molecule is O=C(NCCc1cccnc1)c1ccccc1F.c1cc2c(cc1OCC1CCCNC1)OCO2. The molecule has 3 heterocycles. The van der Waals surface area contributed by atoms with Gasteiger partial charge in [0, 0.05) is 37.5 Å². The average Bonchev–Trinajstić information content (AvgIpc) is 3.37. The second-order valence-electron chi connectivity index (χ2n) is 8.39. The Kier molecular flexibility index (Phi) is 8.89. The molecule has 0 saturated carbocycles. The first kappa shape index (κ1) is 24.5. The predicted octanol–water partition coefficient (Wildman–Crippen LogP) is 3.99. The number of piperidine rings is 1. The molecule has 7 nitrogen and oxygen atoms in total. The van der Waals surface area contributed by atoms with Crippen molar-refractivity contribution in [3.63, 3.8) is 0 Å². The summed E-state index contributed by atoms with van der Waals surface area (Å²) in [6.07, 6.45) is 6.61. The van der Waals surface area contributed by atoms with Gasteiger partial charge in [-0.15, -0.1) is 0 Å². The first-order valence-electron chi connectivity index (χ1n) is 11.8. The van der Waals surface area contributed by atoms with E-state index in [1.165, 1.54) is 25.0 Å². The standard InChI is InChI=1S/C14H13FN2O.C13H17NO3/c15-13-6-2-1-5-12(13)14(18)17-9-7-11-4-3-8-16-10-11;1-2-10(7-14-5-1)8-15-11-3-4-12-13(6-11)17-9-16-12/h1-6,8,10H,7,9H2,(H,17,18);3-4,6,10,14H,1-2,5,7-9H2. The number of fused-ring (bicyclic) bond motifs is 1. The third kappa shape index (κ3) is 7.42. The lowest BCUT2D eigenvalue weighted by molar-refractivity contribution is 0.0950. The third-order valence-electron chi connectivity index (χ3n) is 5.77. The van der Waals surface area contributed by atoms with Crippen LogP contribution in [0.4, 0.5) is 4.39 Å². The highest BCUT2D eigenvalue weighted by molar-refractivity contribution is 5.94. The minimum atomic E-state index is -0.503. The molecule has 1 fully saturated rings. The van der Waals surface area contributed by atoms with E-state index in [-0.39, 0.29) is 5.56 Å². The topological polar surface area (TPSA) is 81.7 Å². The van der Waals surface area contributed by atoms with Gasteiger partial charge in [-0.05, 0) is 61.7 Å². The summed E-state index contributed by atoms with van der Waals surface area (Å²) in [5.74, 6) is 2.17. The van der Waals surface area contributed by atoms with Crippen molar-refractivity contribution >= 4 is 5.91 Å². The number of pyridine rings is 1. The number of ether oxygens (including phenoxy) is 3. The van der Waals surface area contributed by atoms with E-state index in [1.54, 1.807) is 24.5 Å². The number of amides is 1. The van der Waals surface area contributed by atoms with Gasteiger partial charge in [0.25, 0.3) is 5.91 Å². The Morgan fingerprint density at radius 1 is 1.14 bits per heavy atom. The lowest BCUT2D eigenvalue weighted by Gasteiger charge is -2.22. The van der Waals surface area contributed by atoms with Gasteiger partial charge in [0.2, 0.25) is 6.79 Å². The number of benzene rings is 2. The van der Waals surface area contributed by atoms with Gasteiger partial charge in [0.05, 0.1) is 12.2 Å². The van der Waals surface area contributed by atoms with Crippen LogP contribution in [0.5, 0.6) is 17.2 Å². The molecule has 8 heteroatoms. The number of halogens is 1. The monoisotopic (exact) mass is 479 g/mol. The molecule has 1 atom stereocenters. The van der Waals surface area contributed by atoms with Gasteiger partial charge in [0.15, 0.2) is 11.5 Å². The number of carbonyl (C=O) groups is 1. The zero-order valence-electron chi connectivity index (χ0n) is 19.5. The van der Waals surface area contributed by atoms with Crippen molar-refractivity contribution in [1.29, 1.82) is 0 Å². The van der Waals surface area contributed by atoms with Gasteiger partial charge in [-0.1, -0.05) is 18.2 Å². The van der Waals surface area contributed by atoms with Gasteiger partial charge < -0.3 is 24.8 Å². The molecular formula is C27H30FN3O4. The number of nitrogens with zero attached hydrogens (tertiary/aromatic N) is 1. The highest BCUT2D eigenvalue weighted by atomic mass is 19.1. The fourth-order valence-electron chi connectivity index (χ4n) is 3.85. The summed E-state index contributed by atoms with van der Waals surface area (Å²) in [4.78, 5) is 15.7. The van der Waals surface area contributed by atoms with E-state index in [4.69, 9.17) is 14.2 Å². The molecule has 1 saturated heterocycles. The summed E-state index contributed by atoms with van der Waals surface area (Å²) in [7, 11) is 0.